The maximum atomic E-state index is 12.1. The van der Waals surface area contributed by atoms with Gasteiger partial charge in [-0.25, -0.2) is 9.97 Å². The van der Waals surface area contributed by atoms with Crippen LogP contribution < -0.4 is 5.32 Å². The highest BCUT2D eigenvalue weighted by molar-refractivity contribution is 7.99. The lowest BCUT2D eigenvalue weighted by molar-refractivity contribution is 0.0956. The summed E-state index contributed by atoms with van der Waals surface area (Å²) in [5.74, 6) is 1.46. The molecule has 0 radical (unpaired) electrons. The van der Waals surface area contributed by atoms with Crippen LogP contribution in [0, 0.1) is 6.92 Å². The average Bonchev–Trinajstić information content (AvgIpc) is 3.15. The number of hydrogen-bond donors (Lipinski definition) is 1. The van der Waals surface area contributed by atoms with E-state index in [9.17, 15) is 4.79 Å². The molecular formula is C18H18N4OS. The zero-order valence-electron chi connectivity index (χ0n) is 13.3. The molecule has 24 heavy (non-hydrogen) atoms. The molecule has 1 amide bonds. The molecule has 0 bridgehead atoms. The van der Waals surface area contributed by atoms with Gasteiger partial charge in [-0.3, -0.25) is 9.36 Å². The largest absolute Gasteiger partial charge is 0.351 e. The molecule has 0 saturated carbocycles. The summed E-state index contributed by atoms with van der Waals surface area (Å²) in [6.45, 7) is 2.68. The van der Waals surface area contributed by atoms with Gasteiger partial charge < -0.3 is 5.32 Å². The number of amides is 1. The fourth-order valence-corrected chi connectivity index (χ4v) is 2.91. The number of carbonyl (C=O) groups is 1. The molecule has 0 aliphatic carbocycles. The minimum Gasteiger partial charge on any atom is -0.351 e. The van der Waals surface area contributed by atoms with Crippen molar-refractivity contribution in [3.8, 4) is 5.82 Å². The minimum atomic E-state index is -0.107. The Morgan fingerprint density at radius 1 is 1.21 bits per heavy atom. The van der Waals surface area contributed by atoms with Gasteiger partial charge in [-0.05, 0) is 31.2 Å². The number of pyridine rings is 1. The summed E-state index contributed by atoms with van der Waals surface area (Å²) in [7, 11) is 0. The first-order chi connectivity index (χ1) is 11.7. The quantitative estimate of drug-likeness (QED) is 0.554. The molecule has 2 aromatic heterocycles. The van der Waals surface area contributed by atoms with E-state index in [1.54, 1.807) is 47.2 Å². The molecule has 0 aliphatic rings. The second kappa shape index (κ2) is 7.79. The van der Waals surface area contributed by atoms with E-state index in [2.05, 4.69) is 46.5 Å². The van der Waals surface area contributed by atoms with Gasteiger partial charge in [0.2, 0.25) is 0 Å². The van der Waals surface area contributed by atoms with Crippen LogP contribution in [0.1, 0.15) is 15.9 Å². The third kappa shape index (κ3) is 4.23. The highest BCUT2D eigenvalue weighted by atomic mass is 32.2. The summed E-state index contributed by atoms with van der Waals surface area (Å²) in [6, 6.07) is 12.0. The third-order valence-electron chi connectivity index (χ3n) is 3.46. The molecule has 1 aromatic carbocycles. The monoisotopic (exact) mass is 338 g/mol. The van der Waals surface area contributed by atoms with Crippen LogP contribution in [-0.4, -0.2) is 32.7 Å². The van der Waals surface area contributed by atoms with Gasteiger partial charge in [0.25, 0.3) is 5.91 Å². The summed E-state index contributed by atoms with van der Waals surface area (Å²) < 4.78 is 1.79. The topological polar surface area (TPSA) is 59.8 Å². The predicted molar refractivity (Wildman–Crippen MR) is 95.6 cm³/mol. The van der Waals surface area contributed by atoms with Crippen molar-refractivity contribution in [2.75, 3.05) is 12.3 Å². The van der Waals surface area contributed by atoms with E-state index in [-0.39, 0.29) is 5.91 Å². The number of imidazole rings is 1. The van der Waals surface area contributed by atoms with Crippen molar-refractivity contribution in [3.05, 3.63) is 72.4 Å². The van der Waals surface area contributed by atoms with E-state index in [0.29, 0.717) is 12.1 Å². The van der Waals surface area contributed by atoms with Crippen LogP contribution in [0.5, 0.6) is 0 Å². The molecular weight excluding hydrogens is 320 g/mol. The number of hydrogen-bond acceptors (Lipinski definition) is 4. The van der Waals surface area contributed by atoms with Crippen molar-refractivity contribution in [1.82, 2.24) is 19.9 Å². The van der Waals surface area contributed by atoms with Crippen LogP contribution in [0.3, 0.4) is 0 Å². The summed E-state index contributed by atoms with van der Waals surface area (Å²) in [6.07, 6.45) is 6.75. The highest BCUT2D eigenvalue weighted by Crippen LogP contribution is 2.17. The third-order valence-corrected chi connectivity index (χ3v) is 4.47. The Balaban J connectivity index is 1.47. The first kappa shape index (κ1) is 16.3. The Hall–Kier alpha value is -2.60. The van der Waals surface area contributed by atoms with Crippen molar-refractivity contribution in [1.29, 1.82) is 0 Å². The van der Waals surface area contributed by atoms with Gasteiger partial charge in [0, 0.05) is 35.8 Å². The molecule has 0 atom stereocenters. The summed E-state index contributed by atoms with van der Waals surface area (Å²) in [4.78, 5) is 21.6. The molecule has 3 rings (SSSR count). The average molecular weight is 338 g/mol. The lowest BCUT2D eigenvalue weighted by Crippen LogP contribution is -2.25. The van der Waals surface area contributed by atoms with Crippen molar-refractivity contribution in [2.45, 2.75) is 11.8 Å². The molecule has 1 N–H and O–H groups in total. The summed E-state index contributed by atoms with van der Waals surface area (Å²) in [5, 5.41) is 2.92. The molecule has 5 nitrogen and oxygen atoms in total. The first-order valence-electron chi connectivity index (χ1n) is 7.64. The van der Waals surface area contributed by atoms with Gasteiger partial charge in [-0.2, -0.15) is 0 Å². The lowest BCUT2D eigenvalue weighted by atomic mass is 10.2. The molecule has 0 saturated heterocycles. The summed E-state index contributed by atoms with van der Waals surface area (Å²) >= 11 is 1.73. The van der Waals surface area contributed by atoms with Gasteiger partial charge in [0.05, 0.1) is 5.56 Å². The van der Waals surface area contributed by atoms with Gasteiger partial charge in [0.1, 0.15) is 12.1 Å². The van der Waals surface area contributed by atoms with Crippen molar-refractivity contribution in [3.63, 3.8) is 0 Å². The Bertz CT molecular complexity index is 783. The Morgan fingerprint density at radius 2 is 2.04 bits per heavy atom. The minimum absolute atomic E-state index is 0.107. The zero-order valence-corrected chi connectivity index (χ0v) is 14.2. The van der Waals surface area contributed by atoms with E-state index in [1.807, 2.05) is 6.20 Å². The number of rotatable bonds is 6. The maximum Gasteiger partial charge on any atom is 0.252 e. The fraction of sp³-hybridized carbons (Fsp3) is 0.167. The molecule has 0 aliphatic heterocycles. The van der Waals surface area contributed by atoms with Crippen LogP contribution >= 0.6 is 11.8 Å². The predicted octanol–water partition coefficient (Wildman–Crippen LogP) is 3.10. The SMILES string of the molecule is Cc1ccc(SCCNC(=O)c2ccc(-n3ccnc3)nc2)cc1. The van der Waals surface area contributed by atoms with Gasteiger partial charge in [-0.1, -0.05) is 17.7 Å². The van der Waals surface area contributed by atoms with Gasteiger partial charge in [0.15, 0.2) is 0 Å². The second-order valence-corrected chi connectivity index (χ2v) is 6.46. The lowest BCUT2D eigenvalue weighted by Gasteiger charge is -2.06. The van der Waals surface area contributed by atoms with Crippen molar-refractivity contribution >= 4 is 17.7 Å². The number of carbonyl (C=O) groups excluding carboxylic acids is 1. The van der Waals surface area contributed by atoms with Crippen LogP contribution in [-0.2, 0) is 0 Å². The van der Waals surface area contributed by atoms with E-state index < -0.39 is 0 Å². The van der Waals surface area contributed by atoms with Crippen molar-refractivity contribution in [2.24, 2.45) is 0 Å². The molecule has 0 fully saturated rings. The standard InChI is InChI=1S/C18H18N4OS/c1-14-2-5-16(6-3-14)24-11-9-20-18(23)15-4-7-17(21-12-15)22-10-8-19-13-22/h2-8,10,12-13H,9,11H2,1H3,(H,20,23). The number of benzene rings is 1. The Morgan fingerprint density at radius 3 is 2.71 bits per heavy atom. The highest BCUT2D eigenvalue weighted by Gasteiger charge is 2.06. The molecule has 122 valence electrons. The zero-order chi connectivity index (χ0) is 16.8. The number of thioether (sulfide) groups is 1. The van der Waals surface area contributed by atoms with Crippen LogP contribution in [0.4, 0.5) is 0 Å². The van der Waals surface area contributed by atoms with Crippen LogP contribution in [0.25, 0.3) is 5.82 Å². The fourth-order valence-electron chi connectivity index (χ4n) is 2.14. The van der Waals surface area contributed by atoms with Crippen LogP contribution in [0.15, 0.2) is 66.2 Å². The summed E-state index contributed by atoms with van der Waals surface area (Å²) in [5.41, 5.74) is 1.80. The first-order valence-corrected chi connectivity index (χ1v) is 8.63. The van der Waals surface area contributed by atoms with E-state index in [4.69, 9.17) is 0 Å². The Labute approximate surface area is 145 Å². The maximum absolute atomic E-state index is 12.1. The second-order valence-electron chi connectivity index (χ2n) is 5.29. The molecule has 0 spiro atoms. The van der Waals surface area contributed by atoms with E-state index in [1.165, 1.54) is 10.5 Å². The van der Waals surface area contributed by atoms with E-state index in [0.717, 1.165) is 11.6 Å². The number of nitrogens with one attached hydrogen (secondary N) is 1. The van der Waals surface area contributed by atoms with Crippen molar-refractivity contribution < 1.29 is 4.79 Å². The van der Waals surface area contributed by atoms with E-state index >= 15 is 0 Å². The molecule has 3 aromatic rings. The molecule has 2 heterocycles. The smallest absolute Gasteiger partial charge is 0.252 e. The van der Waals surface area contributed by atoms with Gasteiger partial charge >= 0.3 is 0 Å². The number of aromatic nitrogens is 3. The molecule has 6 heteroatoms. The van der Waals surface area contributed by atoms with Crippen LogP contribution in [0.2, 0.25) is 0 Å². The normalized spacial score (nSPS) is 10.5. The number of nitrogens with zero attached hydrogens (tertiary/aromatic N) is 3. The van der Waals surface area contributed by atoms with Gasteiger partial charge in [-0.15, -0.1) is 11.8 Å². The number of aryl methyl sites for hydroxylation is 1. The molecule has 0 unspecified atom stereocenters. The Kier molecular flexibility index (Phi) is 5.28.